The van der Waals surface area contributed by atoms with E-state index in [-0.39, 0.29) is 5.78 Å². The molecule has 0 spiro atoms. The zero-order valence-electron chi connectivity index (χ0n) is 10.7. The van der Waals surface area contributed by atoms with Gasteiger partial charge in [-0.1, -0.05) is 0 Å². The lowest BCUT2D eigenvalue weighted by Crippen LogP contribution is -2.03. The molecule has 0 aromatic heterocycles. The number of hydrogen-bond donors (Lipinski definition) is 0. The average molecular weight is 247 g/mol. The summed E-state index contributed by atoms with van der Waals surface area (Å²) < 4.78 is 10.7. The predicted molar refractivity (Wildman–Crippen MR) is 68.0 cm³/mol. The van der Waals surface area contributed by atoms with Crippen LogP contribution in [0.3, 0.4) is 0 Å². The van der Waals surface area contributed by atoms with E-state index in [1.54, 1.807) is 25.3 Å². The lowest BCUT2D eigenvalue weighted by Gasteiger charge is -2.11. The smallest absolute Gasteiger partial charge is 0.163 e. The Morgan fingerprint density at radius 3 is 2.78 bits per heavy atom. The fourth-order valence-corrected chi connectivity index (χ4v) is 1.53. The van der Waals surface area contributed by atoms with E-state index in [0.717, 1.165) is 12.8 Å². The zero-order valence-corrected chi connectivity index (χ0v) is 10.7. The van der Waals surface area contributed by atoms with Crippen LogP contribution < -0.4 is 9.47 Å². The first-order chi connectivity index (χ1) is 8.69. The van der Waals surface area contributed by atoms with Gasteiger partial charge in [-0.05, 0) is 31.9 Å². The van der Waals surface area contributed by atoms with Crippen LogP contribution in [0.15, 0.2) is 18.2 Å². The van der Waals surface area contributed by atoms with Crippen molar-refractivity contribution in [2.24, 2.45) is 0 Å². The van der Waals surface area contributed by atoms with E-state index in [2.05, 4.69) is 6.07 Å². The van der Waals surface area contributed by atoms with Crippen molar-refractivity contribution in [3.05, 3.63) is 23.8 Å². The molecule has 4 heteroatoms. The summed E-state index contributed by atoms with van der Waals surface area (Å²) in [5.41, 5.74) is 0.552. The van der Waals surface area contributed by atoms with E-state index in [4.69, 9.17) is 14.7 Å². The number of ether oxygens (including phenoxy) is 2. The molecule has 0 aliphatic carbocycles. The van der Waals surface area contributed by atoms with Crippen molar-refractivity contribution >= 4 is 5.78 Å². The maximum Gasteiger partial charge on any atom is 0.163 e. The minimum atomic E-state index is -0.0373. The molecule has 4 nitrogen and oxygen atoms in total. The highest BCUT2D eigenvalue weighted by Gasteiger charge is 2.09. The van der Waals surface area contributed by atoms with Gasteiger partial charge in [-0.25, -0.2) is 0 Å². The van der Waals surface area contributed by atoms with E-state index >= 15 is 0 Å². The van der Waals surface area contributed by atoms with E-state index < -0.39 is 0 Å². The molecule has 0 bridgehead atoms. The summed E-state index contributed by atoms with van der Waals surface area (Å²) in [7, 11) is 1.57. The largest absolute Gasteiger partial charge is 0.497 e. The van der Waals surface area contributed by atoms with Crippen molar-refractivity contribution in [1.82, 2.24) is 0 Å². The summed E-state index contributed by atoms with van der Waals surface area (Å²) in [6.07, 6.45) is 2.12. The second-order valence-corrected chi connectivity index (χ2v) is 3.88. The van der Waals surface area contributed by atoms with Crippen molar-refractivity contribution in [2.45, 2.75) is 26.2 Å². The van der Waals surface area contributed by atoms with Gasteiger partial charge in [0.25, 0.3) is 0 Å². The summed E-state index contributed by atoms with van der Waals surface area (Å²) >= 11 is 0. The van der Waals surface area contributed by atoms with Gasteiger partial charge in [-0.3, -0.25) is 4.79 Å². The Labute approximate surface area is 107 Å². The highest BCUT2D eigenvalue weighted by molar-refractivity contribution is 5.97. The number of carbonyl (C=O) groups excluding carboxylic acids is 1. The first-order valence-electron chi connectivity index (χ1n) is 5.87. The van der Waals surface area contributed by atoms with Crippen LogP contribution in [0, 0.1) is 11.3 Å². The molecule has 0 unspecified atom stereocenters. The van der Waals surface area contributed by atoms with Crippen molar-refractivity contribution in [1.29, 1.82) is 5.26 Å². The number of hydrogen-bond acceptors (Lipinski definition) is 4. The molecule has 0 fully saturated rings. The van der Waals surface area contributed by atoms with Crippen molar-refractivity contribution in [3.63, 3.8) is 0 Å². The van der Waals surface area contributed by atoms with Gasteiger partial charge in [-0.15, -0.1) is 0 Å². The molecule has 1 aromatic carbocycles. The average Bonchev–Trinajstić information content (AvgIpc) is 2.38. The van der Waals surface area contributed by atoms with Gasteiger partial charge in [0.2, 0.25) is 0 Å². The summed E-state index contributed by atoms with van der Waals surface area (Å²) in [6.45, 7) is 2.00. The second kappa shape index (κ2) is 7.33. The van der Waals surface area contributed by atoms with Crippen molar-refractivity contribution in [3.8, 4) is 17.6 Å². The molecule has 0 N–H and O–H groups in total. The van der Waals surface area contributed by atoms with Gasteiger partial charge in [-0.2, -0.15) is 5.26 Å². The van der Waals surface area contributed by atoms with Gasteiger partial charge in [0.1, 0.15) is 11.5 Å². The van der Waals surface area contributed by atoms with E-state index in [1.807, 2.05) is 0 Å². The van der Waals surface area contributed by atoms with Gasteiger partial charge in [0, 0.05) is 12.5 Å². The summed E-state index contributed by atoms with van der Waals surface area (Å²) in [4.78, 5) is 11.4. The third-order valence-electron chi connectivity index (χ3n) is 2.51. The van der Waals surface area contributed by atoms with Crippen molar-refractivity contribution in [2.75, 3.05) is 13.7 Å². The number of nitriles is 1. The molecular weight excluding hydrogens is 230 g/mol. The number of unbranched alkanes of at least 4 members (excludes halogenated alkanes) is 2. The van der Waals surface area contributed by atoms with Gasteiger partial charge >= 0.3 is 0 Å². The standard InChI is InChI=1S/C14H17NO3/c1-11(16)13-7-6-12(17-2)10-14(13)18-9-5-3-4-8-15/h6-7,10H,3-5,9H2,1-2H3. The Morgan fingerprint density at radius 1 is 1.39 bits per heavy atom. The van der Waals surface area contributed by atoms with E-state index in [9.17, 15) is 4.79 Å². The minimum Gasteiger partial charge on any atom is -0.497 e. The van der Waals surface area contributed by atoms with Crippen LogP contribution in [0.2, 0.25) is 0 Å². The van der Waals surface area contributed by atoms with Gasteiger partial charge in [0.15, 0.2) is 5.78 Å². The summed E-state index contributed by atoms with van der Waals surface area (Å²) in [5, 5.41) is 8.42. The zero-order chi connectivity index (χ0) is 13.4. The molecule has 0 atom stereocenters. The predicted octanol–water partition coefficient (Wildman–Crippen LogP) is 2.97. The van der Waals surface area contributed by atoms with E-state index in [1.165, 1.54) is 6.92 Å². The molecule has 0 saturated heterocycles. The molecule has 0 heterocycles. The SMILES string of the molecule is COc1ccc(C(C)=O)c(OCCCCC#N)c1. The van der Waals surface area contributed by atoms with E-state index in [0.29, 0.717) is 30.1 Å². The third kappa shape index (κ3) is 4.10. The molecule has 1 rings (SSSR count). The number of Topliss-reactive ketones (excluding diaryl/α,β-unsaturated/α-hetero) is 1. The van der Waals surface area contributed by atoms with Crippen LogP contribution in [0.1, 0.15) is 36.5 Å². The molecule has 0 radical (unpaired) electrons. The summed E-state index contributed by atoms with van der Waals surface area (Å²) in [6, 6.07) is 7.23. The Balaban J connectivity index is 2.66. The Morgan fingerprint density at radius 2 is 2.17 bits per heavy atom. The molecule has 96 valence electrons. The quantitative estimate of drug-likeness (QED) is 0.549. The number of benzene rings is 1. The highest BCUT2D eigenvalue weighted by Crippen LogP contribution is 2.25. The number of nitrogens with zero attached hydrogens (tertiary/aromatic N) is 1. The van der Waals surface area contributed by atoms with Crippen LogP contribution >= 0.6 is 0 Å². The molecule has 1 aromatic rings. The number of rotatable bonds is 7. The molecule has 0 amide bonds. The van der Waals surface area contributed by atoms with Gasteiger partial charge < -0.3 is 9.47 Å². The Kier molecular flexibility index (Phi) is 5.72. The fourth-order valence-electron chi connectivity index (χ4n) is 1.53. The van der Waals surface area contributed by atoms with Crippen LogP contribution in [0.5, 0.6) is 11.5 Å². The molecule has 0 aliphatic rings. The lowest BCUT2D eigenvalue weighted by atomic mass is 10.1. The maximum absolute atomic E-state index is 11.4. The minimum absolute atomic E-state index is 0.0373. The van der Waals surface area contributed by atoms with Crippen LogP contribution in [-0.2, 0) is 0 Å². The van der Waals surface area contributed by atoms with Crippen molar-refractivity contribution < 1.29 is 14.3 Å². The van der Waals surface area contributed by atoms with Crippen LogP contribution in [-0.4, -0.2) is 19.5 Å². The molecular formula is C14H17NO3. The van der Waals surface area contributed by atoms with Gasteiger partial charge in [0.05, 0.1) is 25.3 Å². The van der Waals surface area contributed by atoms with Crippen LogP contribution in [0.4, 0.5) is 0 Å². The number of carbonyl (C=O) groups is 1. The third-order valence-corrected chi connectivity index (χ3v) is 2.51. The first kappa shape index (κ1) is 14.0. The lowest BCUT2D eigenvalue weighted by molar-refractivity contribution is 0.101. The summed E-state index contributed by atoms with van der Waals surface area (Å²) in [5.74, 6) is 1.16. The van der Waals surface area contributed by atoms with Crippen LogP contribution in [0.25, 0.3) is 0 Å². The fraction of sp³-hybridized carbons (Fsp3) is 0.429. The molecule has 18 heavy (non-hydrogen) atoms. The monoisotopic (exact) mass is 247 g/mol. The molecule has 0 aliphatic heterocycles. The number of ketones is 1. The topological polar surface area (TPSA) is 59.3 Å². The Hall–Kier alpha value is -2.02. The first-order valence-corrected chi connectivity index (χ1v) is 5.87. The second-order valence-electron chi connectivity index (χ2n) is 3.88. The Bertz CT molecular complexity index is 449. The highest BCUT2D eigenvalue weighted by atomic mass is 16.5. The normalized spacial score (nSPS) is 9.61. The number of methoxy groups -OCH3 is 1. The maximum atomic E-state index is 11.4. The molecule has 0 saturated carbocycles.